The van der Waals surface area contributed by atoms with Crippen molar-refractivity contribution in [1.82, 2.24) is 16.0 Å². The Labute approximate surface area is 218 Å². The lowest BCUT2D eigenvalue weighted by atomic mass is 10.0. The molecule has 0 heterocycles. The number of hydrogen-bond donors (Lipinski definition) is 9. The Hall–Kier alpha value is -3.85. The number of benzene rings is 1. The fourth-order valence-electron chi connectivity index (χ4n) is 3.07. The summed E-state index contributed by atoms with van der Waals surface area (Å²) < 4.78 is 0. The number of nitrogens with one attached hydrogen (secondary N) is 3. The van der Waals surface area contributed by atoms with Gasteiger partial charge in [-0.15, -0.1) is 0 Å². The molecule has 0 saturated heterocycles. The predicted octanol–water partition coefficient (Wildman–Crippen LogP) is -2.74. The van der Waals surface area contributed by atoms with Crippen LogP contribution >= 0.6 is 12.6 Å². The Morgan fingerprint density at radius 3 is 1.78 bits per heavy atom. The summed E-state index contributed by atoms with van der Waals surface area (Å²) in [5, 5.41) is 25.8. The number of carbonyl (C=O) groups is 6. The van der Waals surface area contributed by atoms with E-state index in [-0.39, 0.29) is 43.6 Å². The molecule has 37 heavy (non-hydrogen) atoms. The molecule has 0 aliphatic rings. The molecule has 14 nitrogen and oxygen atoms in total. The highest BCUT2D eigenvalue weighted by atomic mass is 32.1. The third-order valence-electron chi connectivity index (χ3n) is 5.16. The Kier molecular flexibility index (Phi) is 12.9. The van der Waals surface area contributed by atoms with Crippen LogP contribution < -0.4 is 33.2 Å². The van der Waals surface area contributed by atoms with Gasteiger partial charge in [0.1, 0.15) is 23.9 Å². The molecule has 0 radical (unpaired) electrons. The van der Waals surface area contributed by atoms with Crippen LogP contribution in [0.15, 0.2) is 24.3 Å². The molecular formula is C22H32N6O8S. The van der Waals surface area contributed by atoms with Crippen molar-refractivity contribution in [3.05, 3.63) is 29.8 Å². The van der Waals surface area contributed by atoms with Crippen LogP contribution in [0.5, 0.6) is 5.75 Å². The molecule has 11 N–H and O–H groups in total. The average molecular weight is 541 g/mol. The summed E-state index contributed by atoms with van der Waals surface area (Å²) in [7, 11) is 0. The molecule has 0 bridgehead atoms. The summed E-state index contributed by atoms with van der Waals surface area (Å²) in [5.74, 6) is -5.54. The molecule has 0 aliphatic carbocycles. The third-order valence-corrected chi connectivity index (χ3v) is 5.52. The largest absolute Gasteiger partial charge is 0.508 e. The van der Waals surface area contributed by atoms with Crippen molar-refractivity contribution < 1.29 is 39.0 Å². The number of thiol groups is 1. The fraction of sp³-hybridized carbons (Fsp3) is 0.455. The minimum atomic E-state index is -1.37. The van der Waals surface area contributed by atoms with Gasteiger partial charge in [0.25, 0.3) is 0 Å². The van der Waals surface area contributed by atoms with E-state index in [1.165, 1.54) is 24.3 Å². The molecule has 15 heteroatoms. The van der Waals surface area contributed by atoms with E-state index in [0.29, 0.717) is 5.56 Å². The quantitative estimate of drug-likeness (QED) is 0.0984. The number of carboxylic acids is 1. The van der Waals surface area contributed by atoms with Crippen molar-refractivity contribution in [1.29, 1.82) is 0 Å². The number of rotatable bonds is 16. The topological polar surface area (TPSA) is 257 Å². The van der Waals surface area contributed by atoms with Crippen LogP contribution in [0.25, 0.3) is 0 Å². The summed E-state index contributed by atoms with van der Waals surface area (Å²) in [6, 6.07) is 0.592. The fourth-order valence-corrected chi connectivity index (χ4v) is 3.32. The van der Waals surface area contributed by atoms with Gasteiger partial charge in [-0.05, 0) is 30.5 Å². The Morgan fingerprint density at radius 1 is 0.784 bits per heavy atom. The number of primary amides is 2. The van der Waals surface area contributed by atoms with E-state index in [0.717, 1.165) is 0 Å². The number of aliphatic carboxylic acids is 1. The number of phenolic OH excluding ortho intramolecular Hbond substituents is 1. The molecule has 204 valence electrons. The smallest absolute Gasteiger partial charge is 0.327 e. The van der Waals surface area contributed by atoms with Crippen molar-refractivity contribution in [2.75, 3.05) is 5.75 Å². The van der Waals surface area contributed by atoms with E-state index in [1.54, 1.807) is 0 Å². The Bertz CT molecular complexity index is 990. The van der Waals surface area contributed by atoms with Gasteiger partial charge in [-0.25, -0.2) is 4.79 Å². The van der Waals surface area contributed by atoms with E-state index in [2.05, 4.69) is 28.6 Å². The number of carboxylic acid groups (broad SMARTS) is 1. The van der Waals surface area contributed by atoms with Crippen LogP contribution in [-0.4, -0.2) is 75.6 Å². The van der Waals surface area contributed by atoms with Gasteiger partial charge in [0.05, 0.1) is 6.04 Å². The zero-order valence-corrected chi connectivity index (χ0v) is 20.8. The number of hydrogen-bond acceptors (Lipinski definition) is 9. The normalized spacial score (nSPS) is 13.9. The molecule has 0 aromatic heterocycles. The minimum absolute atomic E-state index is 0.0253. The molecule has 0 saturated carbocycles. The second-order valence-corrected chi connectivity index (χ2v) is 8.56. The summed E-state index contributed by atoms with van der Waals surface area (Å²) in [4.78, 5) is 72.0. The van der Waals surface area contributed by atoms with Crippen molar-refractivity contribution in [2.24, 2.45) is 17.2 Å². The van der Waals surface area contributed by atoms with E-state index < -0.39 is 59.7 Å². The first kappa shape index (κ1) is 31.2. The molecule has 4 atom stereocenters. The molecule has 0 aliphatic heterocycles. The van der Waals surface area contributed by atoms with Gasteiger partial charge < -0.3 is 43.4 Å². The van der Waals surface area contributed by atoms with Crippen LogP contribution in [0.4, 0.5) is 0 Å². The number of aromatic hydroxyl groups is 1. The van der Waals surface area contributed by atoms with E-state index in [1.807, 2.05) is 0 Å². The van der Waals surface area contributed by atoms with Crippen LogP contribution in [0.2, 0.25) is 0 Å². The number of phenols is 1. The van der Waals surface area contributed by atoms with Crippen LogP contribution in [0.3, 0.4) is 0 Å². The minimum Gasteiger partial charge on any atom is -0.508 e. The molecule has 1 aromatic rings. The molecule has 4 unspecified atom stereocenters. The first-order valence-electron chi connectivity index (χ1n) is 11.2. The SMILES string of the molecule is NC(=O)CCC(N)C(=O)NC(Cc1ccc(O)cc1)C(=O)NC(CCC(N)=O)C(=O)NC(CS)C(=O)O. The van der Waals surface area contributed by atoms with Crippen molar-refractivity contribution in [3.63, 3.8) is 0 Å². The van der Waals surface area contributed by atoms with E-state index in [4.69, 9.17) is 17.2 Å². The maximum Gasteiger partial charge on any atom is 0.327 e. The average Bonchev–Trinajstić information content (AvgIpc) is 2.83. The first-order valence-corrected chi connectivity index (χ1v) is 11.8. The lowest BCUT2D eigenvalue weighted by Gasteiger charge is -2.25. The summed E-state index contributed by atoms with van der Waals surface area (Å²) in [6.45, 7) is 0. The van der Waals surface area contributed by atoms with E-state index >= 15 is 0 Å². The Morgan fingerprint density at radius 2 is 1.27 bits per heavy atom. The Balaban J connectivity index is 3.13. The molecule has 1 rings (SSSR count). The predicted molar refractivity (Wildman–Crippen MR) is 134 cm³/mol. The maximum atomic E-state index is 13.2. The van der Waals surface area contributed by atoms with E-state index in [9.17, 15) is 39.0 Å². The maximum absolute atomic E-state index is 13.2. The van der Waals surface area contributed by atoms with Gasteiger partial charge in [0, 0.05) is 25.0 Å². The van der Waals surface area contributed by atoms with Gasteiger partial charge >= 0.3 is 5.97 Å². The lowest BCUT2D eigenvalue weighted by Crippen LogP contribution is -2.58. The van der Waals surface area contributed by atoms with Crippen LogP contribution in [0.1, 0.15) is 31.2 Å². The molecule has 0 spiro atoms. The second-order valence-electron chi connectivity index (χ2n) is 8.19. The molecular weight excluding hydrogens is 508 g/mol. The third kappa shape index (κ3) is 11.6. The van der Waals surface area contributed by atoms with Gasteiger partial charge in [0.2, 0.25) is 29.5 Å². The zero-order chi connectivity index (χ0) is 28.1. The molecule has 5 amide bonds. The zero-order valence-electron chi connectivity index (χ0n) is 19.9. The van der Waals surface area contributed by atoms with Gasteiger partial charge in [-0.3, -0.25) is 24.0 Å². The summed E-state index contributed by atoms with van der Waals surface area (Å²) in [5.41, 5.74) is 16.6. The van der Waals surface area contributed by atoms with Crippen molar-refractivity contribution >= 4 is 48.1 Å². The first-order chi connectivity index (χ1) is 17.3. The van der Waals surface area contributed by atoms with Gasteiger partial charge in [-0.1, -0.05) is 12.1 Å². The highest BCUT2D eigenvalue weighted by Crippen LogP contribution is 2.12. The van der Waals surface area contributed by atoms with Crippen LogP contribution in [-0.2, 0) is 35.2 Å². The van der Waals surface area contributed by atoms with Gasteiger partial charge in [-0.2, -0.15) is 12.6 Å². The number of nitrogens with two attached hydrogens (primary N) is 3. The standard InChI is InChI=1S/C22H32N6O8S/c23-13(5-7-17(24)30)19(32)27-15(9-11-1-3-12(29)4-2-11)21(34)26-14(6-8-18(25)31)20(33)28-16(10-37)22(35)36/h1-4,13-16,29,37H,5-10,23H2,(H2,24,30)(H2,25,31)(H,26,34)(H,27,32)(H,28,33)(H,35,36). The summed E-state index contributed by atoms with van der Waals surface area (Å²) >= 11 is 3.87. The monoisotopic (exact) mass is 540 g/mol. The molecule has 0 fully saturated rings. The van der Waals surface area contributed by atoms with Gasteiger partial charge in [0.15, 0.2) is 0 Å². The highest BCUT2D eigenvalue weighted by molar-refractivity contribution is 7.80. The second kappa shape index (κ2) is 15.3. The summed E-state index contributed by atoms with van der Waals surface area (Å²) in [6.07, 6.45) is -0.861. The highest BCUT2D eigenvalue weighted by Gasteiger charge is 2.30. The lowest BCUT2D eigenvalue weighted by molar-refractivity contribution is -0.141. The van der Waals surface area contributed by atoms with Crippen molar-refractivity contribution in [3.8, 4) is 5.75 Å². The van der Waals surface area contributed by atoms with Crippen molar-refractivity contribution in [2.45, 2.75) is 56.3 Å². The number of carbonyl (C=O) groups excluding carboxylic acids is 5. The molecule has 1 aromatic carbocycles. The van der Waals surface area contributed by atoms with Crippen LogP contribution in [0, 0.1) is 0 Å². The number of amides is 5.